The summed E-state index contributed by atoms with van der Waals surface area (Å²) < 4.78 is 0. The predicted octanol–water partition coefficient (Wildman–Crippen LogP) is 2.54. The third-order valence-electron chi connectivity index (χ3n) is 0.204. The van der Waals surface area contributed by atoms with Gasteiger partial charge in [0.15, 0.2) is 0 Å². The summed E-state index contributed by atoms with van der Waals surface area (Å²) in [5, 5.41) is 0. The Morgan fingerprint density at radius 1 is 1.43 bits per heavy atom. The first-order chi connectivity index (χ1) is 3.33. The van der Waals surface area contributed by atoms with E-state index in [0.717, 1.165) is 0 Å². The standard InChI is InChI=1S/C4H6.C3H6/c1-3-4-2;1-3-2/h4H,1H2,2H3;3H,1H2,2H3. The molecule has 0 aromatic heterocycles. The molecule has 0 aromatic carbocycles. The van der Waals surface area contributed by atoms with E-state index in [1.54, 1.807) is 12.2 Å². The van der Waals surface area contributed by atoms with Gasteiger partial charge >= 0.3 is 0 Å². The van der Waals surface area contributed by atoms with Crippen LogP contribution in [0.5, 0.6) is 0 Å². The van der Waals surface area contributed by atoms with Crippen molar-refractivity contribution < 1.29 is 0 Å². The Bertz CT molecular complexity index is 64.1. The maximum Gasteiger partial charge on any atom is -0.0393 e. The second kappa shape index (κ2) is 18.7. The van der Waals surface area contributed by atoms with Gasteiger partial charge in [0, 0.05) is 0 Å². The lowest BCUT2D eigenvalue weighted by Crippen LogP contribution is -1.15. The van der Waals surface area contributed by atoms with Gasteiger partial charge in [-0.3, -0.25) is 0 Å². The highest BCUT2D eigenvalue weighted by molar-refractivity contribution is 4.67. The molecule has 0 aliphatic heterocycles. The van der Waals surface area contributed by atoms with Gasteiger partial charge in [0.25, 0.3) is 0 Å². The minimum Gasteiger partial charge on any atom is -0.133 e. The Kier molecular flexibility index (Phi) is 25.5. The van der Waals surface area contributed by atoms with Crippen molar-refractivity contribution in [1.29, 1.82) is 0 Å². The van der Waals surface area contributed by atoms with Gasteiger partial charge in [-0.05, 0) is 19.9 Å². The average molecular weight is 96.2 g/mol. The Morgan fingerprint density at radius 2 is 1.57 bits per heavy atom. The average Bonchev–Trinajstić information content (AvgIpc) is 1.69. The van der Waals surface area contributed by atoms with Crippen LogP contribution in [0.25, 0.3) is 0 Å². The second-order valence-corrected chi connectivity index (χ2v) is 0.901. The quantitative estimate of drug-likeness (QED) is 0.321. The van der Waals surface area contributed by atoms with Crippen molar-refractivity contribution in [3.8, 4) is 0 Å². The molecule has 0 rings (SSSR count). The summed E-state index contributed by atoms with van der Waals surface area (Å²) in [4.78, 5) is 0. The molecule has 0 atom stereocenters. The molecule has 0 bridgehead atoms. The van der Waals surface area contributed by atoms with Crippen molar-refractivity contribution in [2.24, 2.45) is 0 Å². The van der Waals surface area contributed by atoms with Gasteiger partial charge in [0.1, 0.15) is 0 Å². The number of rotatable bonds is 0. The number of hydrogen-bond acceptors (Lipinski definition) is 0. The molecule has 0 nitrogen and oxygen atoms in total. The molecule has 0 radical (unpaired) electrons. The molecule has 0 aliphatic carbocycles. The van der Waals surface area contributed by atoms with Crippen molar-refractivity contribution in [1.82, 2.24) is 0 Å². The monoisotopic (exact) mass is 96.1 g/mol. The van der Waals surface area contributed by atoms with Crippen LogP contribution in [0.15, 0.2) is 31.0 Å². The second-order valence-electron chi connectivity index (χ2n) is 0.901. The minimum atomic E-state index is 1.75. The third-order valence-corrected chi connectivity index (χ3v) is 0.204. The fourth-order valence-corrected chi connectivity index (χ4v) is 0. The molecule has 0 saturated heterocycles. The minimum absolute atomic E-state index is 1.75. The van der Waals surface area contributed by atoms with E-state index in [0.29, 0.717) is 0 Å². The molecule has 0 heterocycles. The molecule has 0 saturated carbocycles. The van der Waals surface area contributed by atoms with Gasteiger partial charge in [-0.2, -0.15) is 0 Å². The van der Waals surface area contributed by atoms with Crippen LogP contribution in [0.4, 0.5) is 0 Å². The molecule has 0 N–H and O–H groups in total. The molecular formula is C7H12. The largest absolute Gasteiger partial charge is 0.133 e. The highest BCUT2D eigenvalue weighted by Crippen LogP contribution is 1.46. The third kappa shape index (κ3) is 827. The Hall–Kier alpha value is -0.740. The molecule has 0 amide bonds. The van der Waals surface area contributed by atoms with Gasteiger partial charge in [-0.15, -0.1) is 12.3 Å². The van der Waals surface area contributed by atoms with E-state index in [4.69, 9.17) is 0 Å². The summed E-state index contributed by atoms with van der Waals surface area (Å²) in [6, 6.07) is 0. The van der Waals surface area contributed by atoms with Crippen LogP contribution < -0.4 is 0 Å². The molecule has 0 aliphatic rings. The Labute approximate surface area is 45.9 Å². The van der Waals surface area contributed by atoms with Crippen LogP contribution >= 0.6 is 0 Å². The first-order valence-electron chi connectivity index (χ1n) is 2.21. The molecule has 7 heavy (non-hydrogen) atoms. The molecule has 0 fully saturated rings. The highest BCUT2D eigenvalue weighted by Gasteiger charge is 1.24. The van der Waals surface area contributed by atoms with E-state index in [1.807, 2.05) is 13.8 Å². The predicted molar refractivity (Wildman–Crippen MR) is 35.3 cm³/mol. The van der Waals surface area contributed by atoms with Crippen molar-refractivity contribution in [2.45, 2.75) is 13.8 Å². The van der Waals surface area contributed by atoms with Crippen LogP contribution in [0.2, 0.25) is 0 Å². The van der Waals surface area contributed by atoms with Gasteiger partial charge in [-0.1, -0.05) is 12.7 Å². The van der Waals surface area contributed by atoms with Gasteiger partial charge in [0.2, 0.25) is 0 Å². The number of allylic oxidation sites excluding steroid dienone is 2. The SMILES string of the molecule is C=C=CC.C=CC. The molecule has 0 aromatic rings. The first kappa shape index (κ1) is 9.54. The van der Waals surface area contributed by atoms with Crippen molar-refractivity contribution in [3.63, 3.8) is 0 Å². The van der Waals surface area contributed by atoms with Gasteiger partial charge in [0.05, 0.1) is 0 Å². The smallest absolute Gasteiger partial charge is 0.0393 e. The maximum absolute atomic E-state index is 3.36. The normalized spacial score (nSPS) is 4.29. The fourth-order valence-electron chi connectivity index (χ4n) is 0. The highest BCUT2D eigenvalue weighted by atomic mass is 13.3. The number of hydrogen-bond donors (Lipinski definition) is 0. The Morgan fingerprint density at radius 3 is 1.57 bits per heavy atom. The zero-order valence-corrected chi connectivity index (χ0v) is 5.07. The zero-order valence-electron chi connectivity index (χ0n) is 5.07. The summed E-state index contributed by atoms with van der Waals surface area (Å²) in [5.74, 6) is 0. The van der Waals surface area contributed by atoms with Crippen molar-refractivity contribution in [3.05, 3.63) is 31.0 Å². The summed E-state index contributed by atoms with van der Waals surface area (Å²) in [5.41, 5.74) is 2.56. The molecule has 0 unspecified atom stereocenters. The molecular weight excluding hydrogens is 84.1 g/mol. The van der Waals surface area contributed by atoms with E-state index in [9.17, 15) is 0 Å². The van der Waals surface area contributed by atoms with Crippen LogP contribution in [0, 0.1) is 0 Å². The van der Waals surface area contributed by atoms with E-state index >= 15 is 0 Å². The first-order valence-corrected chi connectivity index (χ1v) is 2.21. The summed E-state index contributed by atoms with van der Waals surface area (Å²) in [6.07, 6.45) is 3.51. The molecule has 0 heteroatoms. The van der Waals surface area contributed by atoms with E-state index in [1.165, 1.54) is 0 Å². The van der Waals surface area contributed by atoms with Crippen LogP contribution in [0.3, 0.4) is 0 Å². The molecule has 40 valence electrons. The van der Waals surface area contributed by atoms with Crippen LogP contribution in [0.1, 0.15) is 13.8 Å². The van der Waals surface area contributed by atoms with Gasteiger partial charge in [-0.25, -0.2) is 0 Å². The summed E-state index contributed by atoms with van der Waals surface area (Å²) in [7, 11) is 0. The van der Waals surface area contributed by atoms with Crippen LogP contribution in [-0.4, -0.2) is 0 Å². The van der Waals surface area contributed by atoms with Gasteiger partial charge < -0.3 is 0 Å². The summed E-state index contributed by atoms with van der Waals surface area (Å²) in [6.45, 7) is 10.4. The zero-order chi connectivity index (χ0) is 6.12. The summed E-state index contributed by atoms with van der Waals surface area (Å²) >= 11 is 0. The van der Waals surface area contributed by atoms with E-state index < -0.39 is 0 Å². The van der Waals surface area contributed by atoms with E-state index in [-0.39, 0.29) is 0 Å². The van der Waals surface area contributed by atoms with E-state index in [2.05, 4.69) is 18.9 Å². The van der Waals surface area contributed by atoms with Crippen LogP contribution in [-0.2, 0) is 0 Å². The molecule has 0 spiro atoms. The maximum atomic E-state index is 3.36. The Balaban J connectivity index is 0. The lowest BCUT2D eigenvalue weighted by atomic mass is 10.7. The lowest BCUT2D eigenvalue weighted by molar-refractivity contribution is 1.78. The van der Waals surface area contributed by atoms with Crippen molar-refractivity contribution in [2.75, 3.05) is 0 Å². The lowest BCUT2D eigenvalue weighted by Gasteiger charge is -1.37. The van der Waals surface area contributed by atoms with Crippen molar-refractivity contribution >= 4 is 0 Å². The fraction of sp³-hybridized carbons (Fsp3) is 0.286. The topological polar surface area (TPSA) is 0 Å².